The maximum atomic E-state index is 12.5. The number of thiazole rings is 1. The van der Waals surface area contributed by atoms with Crippen molar-refractivity contribution >= 4 is 45.3 Å². The second-order valence-corrected chi connectivity index (χ2v) is 8.20. The Balaban J connectivity index is 2.36. The van der Waals surface area contributed by atoms with Crippen LogP contribution in [0.1, 0.15) is 34.6 Å². The molecule has 0 atom stereocenters. The second kappa shape index (κ2) is 8.49. The molecule has 1 aromatic carbocycles. The summed E-state index contributed by atoms with van der Waals surface area (Å²) in [5.74, 6) is -1.07. The van der Waals surface area contributed by atoms with Gasteiger partial charge < -0.3 is 9.47 Å². The first-order valence-electron chi connectivity index (χ1n) is 7.94. The molecule has 2 aromatic rings. The van der Waals surface area contributed by atoms with Gasteiger partial charge in [0, 0.05) is 0 Å². The number of hydrogen-bond acceptors (Lipinski definition) is 7. The summed E-state index contributed by atoms with van der Waals surface area (Å²) in [5, 5.41) is 0. The largest absolute Gasteiger partial charge is 0.460 e. The van der Waals surface area contributed by atoms with E-state index < -0.39 is 11.9 Å². The summed E-state index contributed by atoms with van der Waals surface area (Å²) in [6.07, 6.45) is -0.551. The minimum atomic E-state index is -0.544. The zero-order valence-electron chi connectivity index (χ0n) is 14.9. The third-order valence-electron chi connectivity index (χ3n) is 2.98. The van der Waals surface area contributed by atoms with Gasteiger partial charge in [0.05, 0.1) is 28.0 Å². The number of rotatable bonds is 6. The minimum Gasteiger partial charge on any atom is -0.460 e. The lowest BCUT2D eigenvalue weighted by molar-refractivity contribution is -0.145. The van der Waals surface area contributed by atoms with Gasteiger partial charge in [-0.3, -0.25) is 0 Å². The zero-order chi connectivity index (χ0) is 18.6. The van der Waals surface area contributed by atoms with E-state index >= 15 is 0 Å². The third kappa shape index (κ3) is 5.31. The summed E-state index contributed by atoms with van der Waals surface area (Å²) >= 11 is 2.60. The number of benzene rings is 1. The Morgan fingerprint density at radius 3 is 2.24 bits per heavy atom. The Morgan fingerprint density at radius 2 is 1.64 bits per heavy atom. The molecule has 0 aliphatic heterocycles. The maximum Gasteiger partial charge on any atom is 0.345 e. The Bertz CT molecular complexity index is 775. The van der Waals surface area contributed by atoms with E-state index in [9.17, 15) is 9.59 Å². The molecule has 0 bridgehead atoms. The average Bonchev–Trinajstić information content (AvgIpc) is 2.93. The van der Waals surface area contributed by atoms with E-state index in [0.717, 1.165) is 22.0 Å². The summed E-state index contributed by atoms with van der Waals surface area (Å²) in [6, 6.07) is 7.72. The zero-order valence-corrected chi connectivity index (χ0v) is 16.5. The lowest BCUT2D eigenvalue weighted by Gasteiger charge is -2.13. The molecular formula is C18H21NO4S2. The standard InChI is InChI=1S/C18H21NO4S2/c1-10(2)22-16(20)12(5)15(17(21)23-11(3)4)25-18-19-13-8-6-7-9-14(13)24-18/h6-11H,1-5H3/b15-12-. The van der Waals surface area contributed by atoms with Crippen LogP contribution in [0, 0.1) is 0 Å². The molecule has 0 amide bonds. The number of carbonyl (C=O) groups excluding carboxylic acids is 2. The van der Waals surface area contributed by atoms with E-state index in [1.54, 1.807) is 34.6 Å². The number of ether oxygens (including phenoxy) is 2. The monoisotopic (exact) mass is 379 g/mol. The van der Waals surface area contributed by atoms with E-state index in [1.165, 1.54) is 11.3 Å². The normalized spacial score (nSPS) is 12.4. The minimum absolute atomic E-state index is 0.207. The number of hydrogen-bond donors (Lipinski definition) is 0. The SMILES string of the molecule is C/C(C(=O)OC(C)C)=C(/Sc1nc2ccccc2s1)C(=O)OC(C)C. The molecule has 1 aromatic heterocycles. The molecule has 7 heteroatoms. The van der Waals surface area contributed by atoms with Crippen LogP contribution in [0.15, 0.2) is 39.1 Å². The first-order valence-corrected chi connectivity index (χ1v) is 9.57. The van der Waals surface area contributed by atoms with Gasteiger partial charge in [-0.1, -0.05) is 23.9 Å². The predicted molar refractivity (Wildman–Crippen MR) is 101 cm³/mol. The van der Waals surface area contributed by atoms with E-state index in [-0.39, 0.29) is 22.7 Å². The number of esters is 2. The van der Waals surface area contributed by atoms with Crippen LogP contribution in [0.5, 0.6) is 0 Å². The molecule has 0 saturated heterocycles. The summed E-state index contributed by atoms with van der Waals surface area (Å²) in [4.78, 5) is 29.4. The molecule has 134 valence electrons. The van der Waals surface area contributed by atoms with Crippen LogP contribution in [-0.2, 0) is 19.1 Å². The highest BCUT2D eigenvalue weighted by Crippen LogP contribution is 2.36. The van der Waals surface area contributed by atoms with Gasteiger partial charge in [-0.05, 0) is 46.8 Å². The molecule has 0 radical (unpaired) electrons. The van der Waals surface area contributed by atoms with E-state index in [1.807, 2.05) is 24.3 Å². The third-order valence-corrected chi connectivity index (χ3v) is 5.26. The molecule has 0 saturated carbocycles. The number of carbonyl (C=O) groups is 2. The smallest absolute Gasteiger partial charge is 0.345 e. The van der Waals surface area contributed by atoms with Crippen LogP contribution >= 0.6 is 23.1 Å². The lowest BCUT2D eigenvalue weighted by Crippen LogP contribution is -2.18. The van der Waals surface area contributed by atoms with E-state index in [2.05, 4.69) is 4.98 Å². The van der Waals surface area contributed by atoms with Gasteiger partial charge in [0.1, 0.15) is 4.91 Å². The fraction of sp³-hybridized carbons (Fsp3) is 0.389. The van der Waals surface area contributed by atoms with Crippen molar-refractivity contribution in [3.63, 3.8) is 0 Å². The quantitative estimate of drug-likeness (QED) is 0.416. The molecule has 0 spiro atoms. The summed E-state index contributed by atoms with van der Waals surface area (Å²) in [5.41, 5.74) is 1.08. The van der Waals surface area contributed by atoms with Crippen molar-refractivity contribution in [3.8, 4) is 0 Å². The summed E-state index contributed by atoms with van der Waals surface area (Å²) in [6.45, 7) is 8.62. The van der Waals surface area contributed by atoms with Crippen molar-refractivity contribution in [1.29, 1.82) is 0 Å². The second-order valence-electron chi connectivity index (χ2n) is 5.91. The van der Waals surface area contributed by atoms with Gasteiger partial charge in [0.15, 0.2) is 4.34 Å². The van der Waals surface area contributed by atoms with Gasteiger partial charge in [0.2, 0.25) is 0 Å². The van der Waals surface area contributed by atoms with Crippen molar-refractivity contribution in [2.45, 2.75) is 51.2 Å². The van der Waals surface area contributed by atoms with Crippen molar-refractivity contribution < 1.29 is 19.1 Å². The number of fused-ring (bicyclic) bond motifs is 1. The fourth-order valence-corrected chi connectivity index (χ4v) is 3.99. The highest BCUT2D eigenvalue weighted by Gasteiger charge is 2.24. The molecule has 5 nitrogen and oxygen atoms in total. The number of thioether (sulfide) groups is 1. The highest BCUT2D eigenvalue weighted by atomic mass is 32.2. The van der Waals surface area contributed by atoms with Crippen LogP contribution in [0.3, 0.4) is 0 Å². The van der Waals surface area contributed by atoms with Crippen molar-refractivity contribution in [3.05, 3.63) is 34.7 Å². The van der Waals surface area contributed by atoms with Crippen LogP contribution in [0.2, 0.25) is 0 Å². The molecule has 0 aliphatic carbocycles. The topological polar surface area (TPSA) is 65.5 Å². The molecule has 0 fully saturated rings. The van der Waals surface area contributed by atoms with Crippen LogP contribution in [-0.4, -0.2) is 29.1 Å². The van der Waals surface area contributed by atoms with Crippen molar-refractivity contribution in [2.75, 3.05) is 0 Å². The summed E-state index contributed by atoms with van der Waals surface area (Å²) < 4.78 is 12.2. The molecule has 0 aliphatic rings. The molecule has 2 rings (SSSR count). The van der Waals surface area contributed by atoms with Crippen LogP contribution in [0.4, 0.5) is 0 Å². The summed E-state index contributed by atoms with van der Waals surface area (Å²) in [7, 11) is 0. The van der Waals surface area contributed by atoms with Gasteiger partial charge >= 0.3 is 11.9 Å². The molecule has 1 heterocycles. The Morgan fingerprint density at radius 1 is 1.04 bits per heavy atom. The van der Waals surface area contributed by atoms with Gasteiger partial charge in [-0.2, -0.15) is 0 Å². The predicted octanol–water partition coefficient (Wildman–Crippen LogP) is 4.57. The number of nitrogens with zero attached hydrogens (tertiary/aromatic N) is 1. The number of aromatic nitrogens is 1. The molecular weight excluding hydrogens is 358 g/mol. The Labute approximate surface area is 155 Å². The Hall–Kier alpha value is -1.86. The average molecular weight is 380 g/mol. The first-order chi connectivity index (χ1) is 11.8. The highest BCUT2D eigenvalue weighted by molar-refractivity contribution is 8.05. The van der Waals surface area contributed by atoms with Crippen LogP contribution < -0.4 is 0 Å². The Kier molecular flexibility index (Phi) is 6.61. The maximum absolute atomic E-state index is 12.5. The molecule has 25 heavy (non-hydrogen) atoms. The van der Waals surface area contributed by atoms with Gasteiger partial charge in [0.25, 0.3) is 0 Å². The fourth-order valence-electron chi connectivity index (χ4n) is 1.92. The van der Waals surface area contributed by atoms with Gasteiger partial charge in [-0.15, -0.1) is 11.3 Å². The van der Waals surface area contributed by atoms with E-state index in [4.69, 9.17) is 9.47 Å². The number of para-hydroxylation sites is 1. The van der Waals surface area contributed by atoms with Crippen molar-refractivity contribution in [2.24, 2.45) is 0 Å². The van der Waals surface area contributed by atoms with Crippen LogP contribution in [0.25, 0.3) is 10.2 Å². The van der Waals surface area contributed by atoms with Gasteiger partial charge in [-0.25, -0.2) is 14.6 Å². The molecule has 0 unspecified atom stereocenters. The van der Waals surface area contributed by atoms with E-state index in [0.29, 0.717) is 4.34 Å². The lowest BCUT2D eigenvalue weighted by atomic mass is 10.3. The first kappa shape index (κ1) is 19.5. The van der Waals surface area contributed by atoms with Crippen molar-refractivity contribution in [1.82, 2.24) is 4.98 Å². The molecule has 0 N–H and O–H groups in total.